The zero-order valence-electron chi connectivity index (χ0n) is 14.7. The Balaban J connectivity index is 1.30. The van der Waals surface area contributed by atoms with Crippen LogP contribution in [0.4, 0.5) is 5.82 Å². The molecule has 2 aromatic heterocycles. The van der Waals surface area contributed by atoms with Crippen molar-refractivity contribution < 1.29 is 9.32 Å². The van der Waals surface area contributed by atoms with Crippen LogP contribution in [-0.4, -0.2) is 71.2 Å². The predicted molar refractivity (Wildman–Crippen MR) is 93.7 cm³/mol. The molecule has 0 radical (unpaired) electrons. The fraction of sp³-hybridized carbons (Fsp3) is 0.500. The van der Waals surface area contributed by atoms with Crippen LogP contribution in [-0.2, 0) is 0 Å². The summed E-state index contributed by atoms with van der Waals surface area (Å²) in [5.41, 5.74) is 1.30. The van der Waals surface area contributed by atoms with Crippen molar-refractivity contribution in [3.05, 3.63) is 41.4 Å². The Labute approximate surface area is 147 Å². The molecule has 0 aromatic carbocycles. The van der Waals surface area contributed by atoms with E-state index in [0.717, 1.165) is 45.1 Å². The molecule has 0 bridgehead atoms. The first-order chi connectivity index (χ1) is 12.1. The summed E-state index contributed by atoms with van der Waals surface area (Å²) >= 11 is 0. The van der Waals surface area contributed by atoms with Gasteiger partial charge < -0.3 is 14.3 Å². The van der Waals surface area contributed by atoms with Crippen LogP contribution in [0.3, 0.4) is 0 Å². The second-order valence-corrected chi connectivity index (χ2v) is 6.77. The summed E-state index contributed by atoms with van der Waals surface area (Å²) in [6, 6.07) is 6.48. The summed E-state index contributed by atoms with van der Waals surface area (Å²) in [5, 5.41) is 3.88. The molecule has 2 saturated heterocycles. The maximum absolute atomic E-state index is 12.6. The van der Waals surface area contributed by atoms with Gasteiger partial charge in [0.2, 0.25) is 0 Å². The van der Waals surface area contributed by atoms with Crippen molar-refractivity contribution in [2.45, 2.75) is 19.9 Å². The van der Waals surface area contributed by atoms with Gasteiger partial charge in [0.05, 0.1) is 5.69 Å². The lowest BCUT2D eigenvalue weighted by molar-refractivity contribution is 0.0244. The molecule has 2 aliphatic heterocycles. The lowest BCUT2D eigenvalue weighted by Gasteiger charge is -2.48. The molecule has 0 atom stereocenters. The molecule has 4 rings (SSSR count). The Morgan fingerprint density at radius 3 is 2.52 bits per heavy atom. The van der Waals surface area contributed by atoms with Crippen molar-refractivity contribution in [1.29, 1.82) is 0 Å². The van der Waals surface area contributed by atoms with E-state index in [2.05, 4.69) is 26.0 Å². The molecule has 25 heavy (non-hydrogen) atoms. The molecule has 7 nitrogen and oxygen atoms in total. The number of rotatable bonds is 3. The molecule has 132 valence electrons. The highest BCUT2D eigenvalue weighted by Gasteiger charge is 2.38. The Bertz CT molecular complexity index is 727. The lowest BCUT2D eigenvalue weighted by Crippen LogP contribution is -2.64. The van der Waals surface area contributed by atoms with Crippen LogP contribution in [0, 0.1) is 13.8 Å². The second-order valence-electron chi connectivity index (χ2n) is 6.77. The molecule has 0 aliphatic carbocycles. The number of nitrogens with zero attached hydrogens (tertiary/aromatic N) is 5. The number of likely N-dealkylation sites (tertiary alicyclic amines) is 1. The van der Waals surface area contributed by atoms with Crippen LogP contribution in [0.25, 0.3) is 0 Å². The van der Waals surface area contributed by atoms with Gasteiger partial charge in [0.15, 0.2) is 0 Å². The van der Waals surface area contributed by atoms with Crippen molar-refractivity contribution in [1.82, 2.24) is 19.9 Å². The molecule has 0 N–H and O–H groups in total. The molecule has 2 aromatic rings. The molecule has 1 amide bonds. The third kappa shape index (κ3) is 3.00. The van der Waals surface area contributed by atoms with Gasteiger partial charge in [-0.25, -0.2) is 4.98 Å². The number of aromatic nitrogens is 2. The Morgan fingerprint density at radius 2 is 1.92 bits per heavy atom. The summed E-state index contributed by atoms with van der Waals surface area (Å²) in [4.78, 5) is 23.7. The molecule has 2 fully saturated rings. The summed E-state index contributed by atoms with van der Waals surface area (Å²) in [6.45, 7) is 9.15. The number of piperazine rings is 1. The van der Waals surface area contributed by atoms with Crippen LogP contribution in [0.15, 0.2) is 28.9 Å². The maximum Gasteiger partial charge on any atom is 0.259 e. The predicted octanol–water partition coefficient (Wildman–Crippen LogP) is 1.33. The number of amides is 1. The molecule has 0 unspecified atom stereocenters. The molecule has 0 saturated carbocycles. The average molecular weight is 341 g/mol. The van der Waals surface area contributed by atoms with E-state index in [4.69, 9.17) is 4.52 Å². The van der Waals surface area contributed by atoms with E-state index in [9.17, 15) is 4.79 Å². The largest absolute Gasteiger partial charge is 0.361 e. The van der Waals surface area contributed by atoms with Gasteiger partial charge in [-0.1, -0.05) is 11.2 Å². The van der Waals surface area contributed by atoms with Gasteiger partial charge in [-0.15, -0.1) is 0 Å². The van der Waals surface area contributed by atoms with E-state index < -0.39 is 0 Å². The third-order valence-corrected chi connectivity index (χ3v) is 5.20. The SMILES string of the molecule is Cc1noc(C)c1C(=O)N1CC(N2CCN(c3ccccn3)CC2)C1. The molecular weight excluding hydrogens is 318 g/mol. The quantitative estimate of drug-likeness (QED) is 0.839. The number of carbonyl (C=O) groups is 1. The summed E-state index contributed by atoms with van der Waals surface area (Å²) in [5.74, 6) is 1.69. The van der Waals surface area contributed by atoms with E-state index in [0.29, 0.717) is 23.1 Å². The highest BCUT2D eigenvalue weighted by molar-refractivity contribution is 5.96. The molecule has 2 aliphatic rings. The number of hydrogen-bond acceptors (Lipinski definition) is 6. The molecule has 7 heteroatoms. The normalized spacial score (nSPS) is 19.1. The Hall–Kier alpha value is -2.41. The smallest absolute Gasteiger partial charge is 0.259 e. The van der Waals surface area contributed by atoms with Crippen molar-refractivity contribution in [2.24, 2.45) is 0 Å². The van der Waals surface area contributed by atoms with Crippen LogP contribution in [0.5, 0.6) is 0 Å². The number of hydrogen-bond donors (Lipinski definition) is 0. The second kappa shape index (κ2) is 6.48. The van der Waals surface area contributed by atoms with Gasteiger partial charge in [0.1, 0.15) is 17.1 Å². The van der Waals surface area contributed by atoms with Crippen molar-refractivity contribution in [3.63, 3.8) is 0 Å². The minimum Gasteiger partial charge on any atom is -0.361 e. The van der Waals surface area contributed by atoms with Crippen LogP contribution in [0.2, 0.25) is 0 Å². The van der Waals surface area contributed by atoms with Crippen LogP contribution >= 0.6 is 0 Å². The van der Waals surface area contributed by atoms with E-state index in [1.54, 1.807) is 6.92 Å². The van der Waals surface area contributed by atoms with Gasteiger partial charge in [0, 0.05) is 51.5 Å². The highest BCUT2D eigenvalue weighted by Crippen LogP contribution is 2.23. The number of anilines is 1. The van der Waals surface area contributed by atoms with Gasteiger partial charge in [-0.05, 0) is 26.0 Å². The summed E-state index contributed by atoms with van der Waals surface area (Å²) in [7, 11) is 0. The van der Waals surface area contributed by atoms with E-state index in [-0.39, 0.29) is 5.91 Å². The van der Waals surface area contributed by atoms with E-state index in [1.807, 2.05) is 30.2 Å². The van der Waals surface area contributed by atoms with Gasteiger partial charge >= 0.3 is 0 Å². The number of aryl methyl sites for hydroxylation is 2. The zero-order chi connectivity index (χ0) is 17.4. The monoisotopic (exact) mass is 341 g/mol. The Morgan fingerprint density at radius 1 is 1.16 bits per heavy atom. The minimum absolute atomic E-state index is 0.0413. The fourth-order valence-electron chi connectivity index (χ4n) is 3.66. The molecule has 4 heterocycles. The van der Waals surface area contributed by atoms with E-state index in [1.165, 1.54) is 0 Å². The topological polar surface area (TPSA) is 65.7 Å². The standard InChI is InChI=1S/C18H23N5O2/c1-13-17(14(2)25-20-13)18(24)23-11-15(12-23)21-7-9-22(10-8-21)16-5-3-4-6-19-16/h3-6,15H,7-12H2,1-2H3. The third-order valence-electron chi connectivity index (χ3n) is 5.20. The Kier molecular flexibility index (Phi) is 4.17. The lowest BCUT2D eigenvalue weighted by atomic mass is 10.0. The van der Waals surface area contributed by atoms with Gasteiger partial charge in [-0.3, -0.25) is 9.69 Å². The van der Waals surface area contributed by atoms with Crippen molar-refractivity contribution in [3.8, 4) is 0 Å². The summed E-state index contributed by atoms with van der Waals surface area (Å²) < 4.78 is 5.11. The summed E-state index contributed by atoms with van der Waals surface area (Å²) in [6.07, 6.45) is 1.84. The van der Waals surface area contributed by atoms with Crippen molar-refractivity contribution in [2.75, 3.05) is 44.2 Å². The maximum atomic E-state index is 12.6. The zero-order valence-corrected chi connectivity index (χ0v) is 14.7. The van der Waals surface area contributed by atoms with Crippen molar-refractivity contribution >= 4 is 11.7 Å². The van der Waals surface area contributed by atoms with Crippen LogP contribution in [0.1, 0.15) is 21.8 Å². The first-order valence-electron chi connectivity index (χ1n) is 8.75. The first-order valence-corrected chi connectivity index (χ1v) is 8.75. The molecular formula is C18H23N5O2. The van der Waals surface area contributed by atoms with E-state index >= 15 is 0 Å². The first kappa shape index (κ1) is 16.1. The van der Waals surface area contributed by atoms with Crippen LogP contribution < -0.4 is 4.90 Å². The van der Waals surface area contributed by atoms with Gasteiger partial charge in [-0.2, -0.15) is 0 Å². The fourth-order valence-corrected chi connectivity index (χ4v) is 3.66. The highest BCUT2D eigenvalue weighted by atomic mass is 16.5. The number of pyridine rings is 1. The molecule has 0 spiro atoms. The van der Waals surface area contributed by atoms with Gasteiger partial charge in [0.25, 0.3) is 5.91 Å². The average Bonchev–Trinajstić information content (AvgIpc) is 2.93. The number of carbonyl (C=O) groups excluding carboxylic acids is 1. The minimum atomic E-state index is 0.0413.